The number of rotatable bonds is 3. The van der Waals surface area contributed by atoms with Crippen molar-refractivity contribution in [3.05, 3.63) is 64.1 Å². The van der Waals surface area contributed by atoms with Gasteiger partial charge in [-0.25, -0.2) is 4.79 Å². The lowest BCUT2D eigenvalue weighted by Crippen LogP contribution is -2.36. The highest BCUT2D eigenvalue weighted by molar-refractivity contribution is 5.83. The standard InChI is InChI=1S/C22H20N4O5/c27-19-12-16(26-5-7-30-8-6-26)11-17(25-19)20-21-13(3-4-23-20)9-14-10-15(24-22(28)29)1-2-18(14)31-21/h1-4,10-12,24H,5-9H2,(H,25,27)(H,28,29). The average molecular weight is 420 g/mol. The van der Waals surface area contributed by atoms with Crippen LogP contribution < -0.4 is 20.5 Å². The van der Waals surface area contributed by atoms with Crippen molar-refractivity contribution in [2.75, 3.05) is 36.5 Å². The maximum atomic E-state index is 12.4. The van der Waals surface area contributed by atoms with Crippen LogP contribution >= 0.6 is 0 Å². The lowest BCUT2D eigenvalue weighted by molar-refractivity contribution is 0.122. The summed E-state index contributed by atoms with van der Waals surface area (Å²) in [5.74, 6) is 1.22. The van der Waals surface area contributed by atoms with Gasteiger partial charge in [-0.3, -0.25) is 15.1 Å². The summed E-state index contributed by atoms with van der Waals surface area (Å²) in [5.41, 5.74) is 4.01. The van der Waals surface area contributed by atoms with Crippen LogP contribution in [0.4, 0.5) is 16.2 Å². The Morgan fingerprint density at radius 3 is 2.77 bits per heavy atom. The second kappa shape index (κ2) is 7.77. The molecule has 0 saturated carbocycles. The van der Waals surface area contributed by atoms with E-state index >= 15 is 0 Å². The predicted molar refractivity (Wildman–Crippen MR) is 114 cm³/mol. The molecular formula is C22H20N4O5. The summed E-state index contributed by atoms with van der Waals surface area (Å²) in [5, 5.41) is 11.3. The Bertz CT molecular complexity index is 1220. The quantitative estimate of drug-likeness (QED) is 0.466. The molecule has 3 aromatic rings. The van der Waals surface area contributed by atoms with Gasteiger partial charge in [0.05, 0.1) is 18.9 Å². The smallest absolute Gasteiger partial charge is 0.409 e. The second-order valence-corrected chi connectivity index (χ2v) is 7.40. The van der Waals surface area contributed by atoms with E-state index in [1.54, 1.807) is 30.5 Å². The van der Waals surface area contributed by atoms with Gasteiger partial charge in [-0.1, -0.05) is 0 Å². The molecule has 0 radical (unpaired) electrons. The highest BCUT2D eigenvalue weighted by Crippen LogP contribution is 2.42. The Balaban J connectivity index is 1.51. The minimum absolute atomic E-state index is 0.209. The third kappa shape index (κ3) is 3.82. The maximum Gasteiger partial charge on any atom is 0.409 e. The molecule has 0 spiro atoms. The van der Waals surface area contributed by atoms with E-state index in [0.717, 1.165) is 29.9 Å². The summed E-state index contributed by atoms with van der Waals surface area (Å²) >= 11 is 0. The first-order valence-corrected chi connectivity index (χ1v) is 9.93. The number of fused-ring (bicyclic) bond motifs is 2. The number of aromatic amines is 1. The number of carboxylic acid groups (broad SMARTS) is 1. The summed E-state index contributed by atoms with van der Waals surface area (Å²) in [6.45, 7) is 2.69. The summed E-state index contributed by atoms with van der Waals surface area (Å²) in [4.78, 5) is 32.8. The van der Waals surface area contributed by atoms with E-state index in [1.165, 1.54) is 0 Å². The largest absolute Gasteiger partial charge is 0.465 e. The van der Waals surface area contributed by atoms with Crippen LogP contribution in [0.2, 0.25) is 0 Å². The van der Waals surface area contributed by atoms with Crippen molar-refractivity contribution in [3.8, 4) is 22.9 Å². The molecule has 3 N–H and O–H groups in total. The summed E-state index contributed by atoms with van der Waals surface area (Å²) in [6, 6.07) is 10.5. The number of ether oxygens (including phenoxy) is 2. The predicted octanol–water partition coefficient (Wildman–Crippen LogP) is 3.06. The molecule has 0 atom stereocenters. The molecule has 0 aliphatic carbocycles. The van der Waals surface area contributed by atoms with Crippen molar-refractivity contribution < 1.29 is 19.4 Å². The summed E-state index contributed by atoms with van der Waals surface area (Å²) in [6.07, 6.45) is 1.12. The highest BCUT2D eigenvalue weighted by atomic mass is 16.5. The Morgan fingerprint density at radius 1 is 1.13 bits per heavy atom. The molecule has 2 aromatic heterocycles. The van der Waals surface area contributed by atoms with Gasteiger partial charge in [-0.15, -0.1) is 0 Å². The van der Waals surface area contributed by atoms with Gasteiger partial charge in [0.1, 0.15) is 11.4 Å². The number of H-pyrrole nitrogens is 1. The molecule has 1 aromatic carbocycles. The van der Waals surface area contributed by atoms with Gasteiger partial charge < -0.3 is 24.5 Å². The van der Waals surface area contributed by atoms with Crippen molar-refractivity contribution in [2.45, 2.75) is 6.42 Å². The fourth-order valence-corrected chi connectivity index (χ4v) is 3.93. The number of hydrogen-bond donors (Lipinski definition) is 3. The van der Waals surface area contributed by atoms with E-state index in [-0.39, 0.29) is 5.56 Å². The Hall–Kier alpha value is -3.85. The van der Waals surface area contributed by atoms with Crippen LogP contribution in [-0.2, 0) is 11.2 Å². The Morgan fingerprint density at radius 2 is 1.97 bits per heavy atom. The van der Waals surface area contributed by atoms with Crippen LogP contribution in [-0.4, -0.2) is 47.5 Å². The molecule has 0 bridgehead atoms. The molecule has 1 saturated heterocycles. The molecule has 31 heavy (non-hydrogen) atoms. The van der Waals surface area contributed by atoms with Crippen LogP contribution in [0.5, 0.6) is 11.5 Å². The van der Waals surface area contributed by atoms with Gasteiger partial charge in [0.25, 0.3) is 5.56 Å². The van der Waals surface area contributed by atoms with Crippen molar-refractivity contribution in [3.63, 3.8) is 0 Å². The molecule has 1 amide bonds. The minimum atomic E-state index is -1.12. The first-order chi connectivity index (χ1) is 15.1. The Labute approximate surface area is 177 Å². The van der Waals surface area contributed by atoms with Gasteiger partial charge in [-0.05, 0) is 30.3 Å². The number of nitrogens with one attached hydrogen (secondary N) is 2. The van der Waals surface area contributed by atoms with E-state index in [0.29, 0.717) is 48.2 Å². The van der Waals surface area contributed by atoms with Crippen molar-refractivity contribution >= 4 is 17.5 Å². The third-order valence-corrected chi connectivity index (χ3v) is 5.35. The molecule has 158 valence electrons. The summed E-state index contributed by atoms with van der Waals surface area (Å²) < 4.78 is 11.6. The van der Waals surface area contributed by atoms with Crippen molar-refractivity contribution in [2.24, 2.45) is 0 Å². The lowest BCUT2D eigenvalue weighted by atomic mass is 9.99. The highest BCUT2D eigenvalue weighted by Gasteiger charge is 2.23. The number of carbonyl (C=O) groups is 1. The Kier molecular flexibility index (Phi) is 4.79. The average Bonchev–Trinajstić information content (AvgIpc) is 2.77. The number of anilines is 2. The summed E-state index contributed by atoms with van der Waals surface area (Å²) in [7, 11) is 0. The lowest BCUT2D eigenvalue weighted by Gasteiger charge is -2.29. The van der Waals surface area contributed by atoms with Crippen LogP contribution in [0, 0.1) is 0 Å². The molecule has 2 aliphatic heterocycles. The molecule has 1 fully saturated rings. The fraction of sp³-hybridized carbons (Fsp3) is 0.227. The molecular weight excluding hydrogens is 400 g/mol. The van der Waals surface area contributed by atoms with E-state index in [2.05, 4.69) is 20.2 Å². The van der Waals surface area contributed by atoms with Gasteiger partial charge in [-0.2, -0.15) is 0 Å². The molecule has 4 heterocycles. The van der Waals surface area contributed by atoms with Crippen LogP contribution in [0.15, 0.2) is 47.4 Å². The first-order valence-electron chi connectivity index (χ1n) is 9.93. The van der Waals surface area contributed by atoms with Crippen LogP contribution in [0.25, 0.3) is 11.4 Å². The van der Waals surface area contributed by atoms with Crippen LogP contribution in [0.3, 0.4) is 0 Å². The van der Waals surface area contributed by atoms with E-state index < -0.39 is 6.09 Å². The number of benzene rings is 1. The maximum absolute atomic E-state index is 12.4. The van der Waals surface area contributed by atoms with Crippen molar-refractivity contribution in [1.82, 2.24) is 9.97 Å². The number of hydrogen-bond acceptors (Lipinski definition) is 6. The van der Waals surface area contributed by atoms with Gasteiger partial charge in [0.2, 0.25) is 0 Å². The number of nitrogens with zero attached hydrogens (tertiary/aromatic N) is 2. The third-order valence-electron chi connectivity index (χ3n) is 5.35. The molecule has 0 unspecified atom stereocenters. The van der Waals surface area contributed by atoms with Crippen molar-refractivity contribution in [1.29, 1.82) is 0 Å². The zero-order valence-electron chi connectivity index (χ0n) is 16.6. The number of aromatic nitrogens is 2. The SMILES string of the molecule is O=C(O)Nc1ccc2c(c1)Cc1ccnc(-c3cc(N4CCOCC4)cc(=O)[nH]3)c1O2. The fourth-order valence-electron chi connectivity index (χ4n) is 3.93. The second-order valence-electron chi connectivity index (χ2n) is 7.40. The topological polar surface area (TPSA) is 117 Å². The van der Waals surface area contributed by atoms with Gasteiger partial charge in [0.15, 0.2) is 5.75 Å². The van der Waals surface area contributed by atoms with Gasteiger partial charge in [0, 0.05) is 54.3 Å². The van der Waals surface area contributed by atoms with E-state index in [4.69, 9.17) is 14.6 Å². The minimum Gasteiger partial charge on any atom is -0.465 e. The number of pyridine rings is 2. The number of amides is 1. The molecule has 5 rings (SSSR count). The van der Waals surface area contributed by atoms with E-state index in [9.17, 15) is 9.59 Å². The van der Waals surface area contributed by atoms with Gasteiger partial charge >= 0.3 is 6.09 Å². The normalized spacial score (nSPS) is 14.9. The molecule has 9 nitrogen and oxygen atoms in total. The van der Waals surface area contributed by atoms with Crippen LogP contribution in [0.1, 0.15) is 11.1 Å². The molecule has 2 aliphatic rings. The van der Waals surface area contributed by atoms with E-state index in [1.807, 2.05) is 12.1 Å². The zero-order chi connectivity index (χ0) is 21.4. The first kappa shape index (κ1) is 19.1. The molecule has 9 heteroatoms. The zero-order valence-corrected chi connectivity index (χ0v) is 16.6. The monoisotopic (exact) mass is 420 g/mol. The number of morpholine rings is 1.